The molecule has 1 fully saturated rings. The molecule has 2 heterocycles. The van der Waals surface area contributed by atoms with Crippen molar-refractivity contribution in [2.24, 2.45) is 0 Å². The summed E-state index contributed by atoms with van der Waals surface area (Å²) in [7, 11) is 2.16. The standard InChI is InChI=1S/C17H21ClN4/c1-12-9-16(19-15-7-4-8-22(2)11-15)20-21-17(12)13-5-3-6-14(18)10-13/h3,5-6,9-10,15H,4,7-8,11H2,1-2H3,(H,19,20)/t15-/m1/s1. The molecule has 0 saturated carbocycles. The number of hydrogen-bond donors (Lipinski definition) is 1. The van der Waals surface area contributed by atoms with Crippen LogP contribution >= 0.6 is 11.6 Å². The van der Waals surface area contributed by atoms with E-state index in [0.29, 0.717) is 11.1 Å². The fraction of sp³-hybridized carbons (Fsp3) is 0.412. The van der Waals surface area contributed by atoms with Gasteiger partial charge in [-0.2, -0.15) is 0 Å². The van der Waals surface area contributed by atoms with Crippen molar-refractivity contribution in [3.8, 4) is 11.3 Å². The summed E-state index contributed by atoms with van der Waals surface area (Å²) >= 11 is 6.06. The molecule has 3 rings (SSSR count). The van der Waals surface area contributed by atoms with Gasteiger partial charge in [-0.15, -0.1) is 10.2 Å². The smallest absolute Gasteiger partial charge is 0.149 e. The second-order valence-electron chi connectivity index (χ2n) is 6.02. The molecule has 0 amide bonds. The molecule has 1 aliphatic heterocycles. The van der Waals surface area contributed by atoms with Gasteiger partial charge in [0.1, 0.15) is 5.82 Å². The zero-order valence-corrected chi connectivity index (χ0v) is 13.8. The SMILES string of the molecule is Cc1cc(N[C@@H]2CCCN(C)C2)nnc1-c1cccc(Cl)c1. The van der Waals surface area contributed by atoms with Gasteiger partial charge in [0, 0.05) is 23.2 Å². The zero-order valence-electron chi connectivity index (χ0n) is 13.0. The molecule has 4 nitrogen and oxygen atoms in total. The third-order valence-electron chi connectivity index (χ3n) is 4.06. The van der Waals surface area contributed by atoms with E-state index in [0.717, 1.165) is 29.2 Å². The number of anilines is 1. The fourth-order valence-corrected chi connectivity index (χ4v) is 3.16. The van der Waals surface area contributed by atoms with E-state index in [4.69, 9.17) is 11.6 Å². The minimum Gasteiger partial charge on any atom is -0.365 e. The molecular weight excluding hydrogens is 296 g/mol. The molecule has 0 aliphatic carbocycles. The molecule has 116 valence electrons. The molecule has 0 unspecified atom stereocenters. The maximum Gasteiger partial charge on any atom is 0.149 e. The van der Waals surface area contributed by atoms with E-state index in [1.54, 1.807) is 0 Å². The molecule has 1 atom stereocenters. The first kappa shape index (κ1) is 15.3. The average Bonchev–Trinajstić information content (AvgIpc) is 2.47. The number of benzene rings is 1. The first-order chi connectivity index (χ1) is 10.6. The van der Waals surface area contributed by atoms with E-state index in [-0.39, 0.29) is 0 Å². The van der Waals surface area contributed by atoms with Crippen molar-refractivity contribution in [2.75, 3.05) is 25.5 Å². The van der Waals surface area contributed by atoms with Crippen LogP contribution in [0.5, 0.6) is 0 Å². The van der Waals surface area contributed by atoms with Crippen LogP contribution in [0.4, 0.5) is 5.82 Å². The topological polar surface area (TPSA) is 41.0 Å². The van der Waals surface area contributed by atoms with Crippen molar-refractivity contribution in [3.63, 3.8) is 0 Å². The van der Waals surface area contributed by atoms with E-state index in [2.05, 4.69) is 40.5 Å². The average molecular weight is 317 g/mol. The molecule has 2 aromatic rings. The highest BCUT2D eigenvalue weighted by atomic mass is 35.5. The largest absolute Gasteiger partial charge is 0.365 e. The number of rotatable bonds is 3. The van der Waals surface area contributed by atoms with Crippen LogP contribution in [-0.4, -0.2) is 41.3 Å². The summed E-state index contributed by atoms with van der Waals surface area (Å²) in [4.78, 5) is 2.35. The summed E-state index contributed by atoms with van der Waals surface area (Å²) in [6, 6.07) is 10.2. The Labute approximate surface area is 136 Å². The molecule has 1 aliphatic rings. The van der Waals surface area contributed by atoms with Gasteiger partial charge in [0.25, 0.3) is 0 Å². The van der Waals surface area contributed by atoms with E-state index in [1.165, 1.54) is 19.4 Å². The molecule has 1 N–H and O–H groups in total. The Morgan fingerprint density at radius 2 is 2.14 bits per heavy atom. The van der Waals surface area contributed by atoms with Gasteiger partial charge in [0.15, 0.2) is 0 Å². The van der Waals surface area contributed by atoms with Crippen molar-refractivity contribution in [1.82, 2.24) is 15.1 Å². The Balaban J connectivity index is 1.77. The van der Waals surface area contributed by atoms with E-state index in [9.17, 15) is 0 Å². The van der Waals surface area contributed by atoms with Crippen molar-refractivity contribution in [2.45, 2.75) is 25.8 Å². The molecule has 1 aromatic heterocycles. The van der Waals surface area contributed by atoms with Crippen LogP contribution in [0.15, 0.2) is 30.3 Å². The van der Waals surface area contributed by atoms with Crippen molar-refractivity contribution < 1.29 is 0 Å². The highest BCUT2D eigenvalue weighted by molar-refractivity contribution is 6.30. The van der Waals surface area contributed by atoms with Gasteiger partial charge in [-0.1, -0.05) is 23.7 Å². The number of nitrogens with zero attached hydrogens (tertiary/aromatic N) is 3. The van der Waals surface area contributed by atoms with E-state index in [1.807, 2.05) is 24.3 Å². The number of halogens is 1. The number of piperidine rings is 1. The van der Waals surface area contributed by atoms with Gasteiger partial charge in [0.05, 0.1) is 5.69 Å². The predicted octanol–water partition coefficient (Wildman–Crippen LogP) is 3.61. The van der Waals surface area contributed by atoms with E-state index < -0.39 is 0 Å². The quantitative estimate of drug-likeness (QED) is 0.939. The van der Waals surface area contributed by atoms with Crippen molar-refractivity contribution in [3.05, 3.63) is 40.9 Å². The number of nitrogens with one attached hydrogen (secondary N) is 1. The minimum atomic E-state index is 0.449. The molecule has 0 bridgehead atoms. The molecule has 0 spiro atoms. The van der Waals surface area contributed by atoms with Crippen LogP contribution in [0.1, 0.15) is 18.4 Å². The lowest BCUT2D eigenvalue weighted by atomic mass is 10.1. The lowest BCUT2D eigenvalue weighted by Crippen LogP contribution is -2.39. The molecule has 5 heteroatoms. The summed E-state index contributed by atoms with van der Waals surface area (Å²) in [5.74, 6) is 0.851. The highest BCUT2D eigenvalue weighted by Gasteiger charge is 2.17. The summed E-state index contributed by atoms with van der Waals surface area (Å²) in [5.41, 5.74) is 2.99. The summed E-state index contributed by atoms with van der Waals surface area (Å²) in [6.07, 6.45) is 2.41. The highest BCUT2D eigenvalue weighted by Crippen LogP contribution is 2.25. The van der Waals surface area contributed by atoms with Gasteiger partial charge in [0.2, 0.25) is 0 Å². The second kappa shape index (κ2) is 6.63. The van der Waals surface area contributed by atoms with Crippen LogP contribution < -0.4 is 5.32 Å². The maximum absolute atomic E-state index is 6.06. The van der Waals surface area contributed by atoms with E-state index >= 15 is 0 Å². The Hall–Kier alpha value is -1.65. The van der Waals surface area contributed by atoms with Gasteiger partial charge in [-0.25, -0.2) is 0 Å². The number of likely N-dealkylation sites (N-methyl/N-ethyl adjacent to an activating group) is 1. The maximum atomic E-state index is 6.06. The Morgan fingerprint density at radius 3 is 2.86 bits per heavy atom. The van der Waals surface area contributed by atoms with Crippen LogP contribution in [0.25, 0.3) is 11.3 Å². The lowest BCUT2D eigenvalue weighted by molar-refractivity contribution is 0.260. The second-order valence-corrected chi connectivity index (χ2v) is 6.45. The van der Waals surface area contributed by atoms with Crippen molar-refractivity contribution in [1.29, 1.82) is 0 Å². The van der Waals surface area contributed by atoms with Gasteiger partial charge < -0.3 is 10.2 Å². The number of aryl methyl sites for hydroxylation is 1. The Kier molecular flexibility index (Phi) is 4.60. The summed E-state index contributed by atoms with van der Waals surface area (Å²) < 4.78 is 0. The molecule has 1 aromatic carbocycles. The normalized spacial score (nSPS) is 19.1. The Bertz CT molecular complexity index is 659. The lowest BCUT2D eigenvalue weighted by Gasteiger charge is -2.30. The van der Waals surface area contributed by atoms with Gasteiger partial charge in [-0.05, 0) is 57.1 Å². The molecule has 22 heavy (non-hydrogen) atoms. The summed E-state index contributed by atoms with van der Waals surface area (Å²) in [6.45, 7) is 4.29. The zero-order chi connectivity index (χ0) is 15.5. The first-order valence-electron chi connectivity index (χ1n) is 7.67. The van der Waals surface area contributed by atoms with Gasteiger partial charge in [-0.3, -0.25) is 0 Å². The van der Waals surface area contributed by atoms with Gasteiger partial charge >= 0.3 is 0 Å². The van der Waals surface area contributed by atoms with Crippen LogP contribution in [0.3, 0.4) is 0 Å². The third-order valence-corrected chi connectivity index (χ3v) is 4.29. The van der Waals surface area contributed by atoms with Crippen molar-refractivity contribution >= 4 is 17.4 Å². The monoisotopic (exact) mass is 316 g/mol. The van der Waals surface area contributed by atoms with Crippen LogP contribution in [0.2, 0.25) is 5.02 Å². The molecular formula is C17H21ClN4. The fourth-order valence-electron chi connectivity index (χ4n) is 2.97. The molecule has 1 saturated heterocycles. The predicted molar refractivity (Wildman–Crippen MR) is 91.4 cm³/mol. The number of hydrogen-bond acceptors (Lipinski definition) is 4. The van der Waals surface area contributed by atoms with Crippen LogP contribution in [-0.2, 0) is 0 Å². The first-order valence-corrected chi connectivity index (χ1v) is 8.05. The summed E-state index contributed by atoms with van der Waals surface area (Å²) in [5, 5.41) is 12.9. The minimum absolute atomic E-state index is 0.449. The van der Waals surface area contributed by atoms with Crippen LogP contribution in [0, 0.1) is 6.92 Å². The third kappa shape index (κ3) is 3.57. The Morgan fingerprint density at radius 1 is 1.27 bits per heavy atom. The number of aromatic nitrogens is 2. The number of likely N-dealkylation sites (tertiary alicyclic amines) is 1. The molecule has 0 radical (unpaired) electrons.